The van der Waals surface area contributed by atoms with Crippen molar-refractivity contribution in [2.75, 3.05) is 16.4 Å². The Morgan fingerprint density at radius 1 is 1.03 bits per heavy atom. The van der Waals surface area contributed by atoms with Crippen molar-refractivity contribution in [2.24, 2.45) is 0 Å². The molecule has 3 rings (SSSR count). The third kappa shape index (κ3) is 5.85. The normalized spacial score (nSPS) is 10.7. The minimum atomic E-state index is -0.272. The maximum Gasteiger partial charge on any atom is 0.234 e. The molecule has 9 heteroatoms. The number of phenols is 1. The Morgan fingerprint density at radius 3 is 2.52 bits per heavy atom. The number of nitrogens with zero attached hydrogens (tertiary/aromatic N) is 3. The summed E-state index contributed by atoms with van der Waals surface area (Å²) in [5, 5.41) is 24.1. The van der Waals surface area contributed by atoms with Crippen molar-refractivity contribution >= 4 is 35.0 Å². The van der Waals surface area contributed by atoms with Crippen molar-refractivity contribution < 1.29 is 14.7 Å². The fourth-order valence-electron chi connectivity index (χ4n) is 2.94. The van der Waals surface area contributed by atoms with Crippen LogP contribution in [0.25, 0.3) is 0 Å². The summed E-state index contributed by atoms with van der Waals surface area (Å²) in [4.78, 5) is 24.7. The van der Waals surface area contributed by atoms with E-state index in [2.05, 4.69) is 20.8 Å². The number of carbonyl (C=O) groups excluding carboxylic acids is 2. The van der Waals surface area contributed by atoms with Crippen molar-refractivity contribution in [1.82, 2.24) is 14.8 Å². The van der Waals surface area contributed by atoms with Crippen molar-refractivity contribution in [2.45, 2.75) is 38.9 Å². The van der Waals surface area contributed by atoms with Crippen LogP contribution in [0, 0.1) is 13.8 Å². The monoisotopic (exact) mass is 439 g/mol. The number of benzene rings is 2. The summed E-state index contributed by atoms with van der Waals surface area (Å²) < 4.78 is 1.82. The van der Waals surface area contributed by atoms with Crippen molar-refractivity contribution in [3.8, 4) is 5.75 Å². The maximum atomic E-state index is 12.5. The molecule has 0 saturated carbocycles. The SMILES string of the molecule is CCn1c(CC(=O)Nc2ccc(C)c(C)c2)nnc1SCC(=O)Nc1ccccc1O. The van der Waals surface area contributed by atoms with Gasteiger partial charge in [-0.15, -0.1) is 10.2 Å². The second kappa shape index (κ2) is 10.1. The molecular formula is C22H25N5O3S. The van der Waals surface area contributed by atoms with Gasteiger partial charge in [0.1, 0.15) is 11.6 Å². The van der Waals surface area contributed by atoms with Gasteiger partial charge in [-0.05, 0) is 56.2 Å². The number of anilines is 2. The number of para-hydroxylation sites is 2. The van der Waals surface area contributed by atoms with Crippen LogP contribution in [0.1, 0.15) is 23.9 Å². The summed E-state index contributed by atoms with van der Waals surface area (Å²) >= 11 is 1.22. The first-order valence-electron chi connectivity index (χ1n) is 9.87. The highest BCUT2D eigenvalue weighted by Crippen LogP contribution is 2.23. The molecule has 3 aromatic rings. The van der Waals surface area contributed by atoms with Crippen LogP contribution in [0.15, 0.2) is 47.6 Å². The van der Waals surface area contributed by atoms with Gasteiger partial charge in [0.2, 0.25) is 11.8 Å². The Balaban J connectivity index is 1.59. The van der Waals surface area contributed by atoms with E-state index >= 15 is 0 Å². The Labute approximate surface area is 185 Å². The molecule has 3 N–H and O–H groups in total. The van der Waals surface area contributed by atoms with Gasteiger partial charge in [-0.3, -0.25) is 9.59 Å². The fourth-order valence-corrected chi connectivity index (χ4v) is 3.76. The molecule has 2 amide bonds. The van der Waals surface area contributed by atoms with Crippen LogP contribution in [-0.2, 0) is 22.6 Å². The molecule has 31 heavy (non-hydrogen) atoms. The number of aromatic hydroxyl groups is 1. The summed E-state index contributed by atoms with van der Waals surface area (Å²) in [6.45, 7) is 6.52. The van der Waals surface area contributed by atoms with E-state index in [1.807, 2.05) is 43.5 Å². The average molecular weight is 440 g/mol. The standard InChI is InChI=1S/C22H25N5O3S/c1-4-27-19(12-20(29)23-16-10-9-14(2)15(3)11-16)25-26-22(27)31-13-21(30)24-17-7-5-6-8-18(17)28/h5-11,28H,4,12-13H2,1-3H3,(H,23,29)(H,24,30). The van der Waals surface area contributed by atoms with E-state index in [9.17, 15) is 14.7 Å². The van der Waals surface area contributed by atoms with Crippen LogP contribution in [-0.4, -0.2) is 37.4 Å². The highest BCUT2D eigenvalue weighted by Gasteiger charge is 2.16. The summed E-state index contributed by atoms with van der Waals surface area (Å²) in [7, 11) is 0. The highest BCUT2D eigenvalue weighted by molar-refractivity contribution is 7.99. The number of thioether (sulfide) groups is 1. The fraction of sp³-hybridized carbons (Fsp3) is 0.273. The number of rotatable bonds is 8. The van der Waals surface area contributed by atoms with E-state index in [4.69, 9.17) is 0 Å². The minimum Gasteiger partial charge on any atom is -0.506 e. The summed E-state index contributed by atoms with van der Waals surface area (Å²) in [5.74, 6) is 0.189. The summed E-state index contributed by atoms with van der Waals surface area (Å²) in [5.41, 5.74) is 3.37. The molecule has 8 nitrogen and oxygen atoms in total. The van der Waals surface area contributed by atoms with Crippen LogP contribution in [0.4, 0.5) is 11.4 Å². The number of aromatic nitrogens is 3. The molecule has 2 aromatic carbocycles. The Kier molecular flexibility index (Phi) is 7.30. The van der Waals surface area contributed by atoms with E-state index in [0.717, 1.165) is 16.8 Å². The van der Waals surface area contributed by atoms with Crippen LogP contribution >= 0.6 is 11.8 Å². The second-order valence-electron chi connectivity index (χ2n) is 7.02. The molecule has 1 aromatic heterocycles. The van der Waals surface area contributed by atoms with Crippen LogP contribution in [0.5, 0.6) is 5.75 Å². The zero-order valence-electron chi connectivity index (χ0n) is 17.7. The smallest absolute Gasteiger partial charge is 0.234 e. The second-order valence-corrected chi connectivity index (χ2v) is 7.96. The predicted molar refractivity (Wildman–Crippen MR) is 121 cm³/mol. The molecule has 1 heterocycles. The zero-order chi connectivity index (χ0) is 22.4. The molecule has 0 atom stereocenters. The third-order valence-corrected chi connectivity index (χ3v) is 5.70. The van der Waals surface area contributed by atoms with Gasteiger partial charge in [0, 0.05) is 12.2 Å². The Hall–Kier alpha value is -3.33. The van der Waals surface area contributed by atoms with Crippen molar-refractivity contribution in [1.29, 1.82) is 0 Å². The molecule has 0 unspecified atom stereocenters. The first-order valence-corrected chi connectivity index (χ1v) is 10.9. The Morgan fingerprint density at radius 2 is 1.81 bits per heavy atom. The zero-order valence-corrected chi connectivity index (χ0v) is 18.5. The molecule has 162 valence electrons. The van der Waals surface area contributed by atoms with Gasteiger partial charge >= 0.3 is 0 Å². The topological polar surface area (TPSA) is 109 Å². The van der Waals surface area contributed by atoms with Gasteiger partial charge in [0.15, 0.2) is 5.16 Å². The van der Waals surface area contributed by atoms with Gasteiger partial charge in [-0.25, -0.2) is 0 Å². The van der Waals surface area contributed by atoms with Crippen LogP contribution in [0.3, 0.4) is 0 Å². The molecule has 0 aliphatic rings. The van der Waals surface area contributed by atoms with Crippen molar-refractivity contribution in [3.63, 3.8) is 0 Å². The van der Waals surface area contributed by atoms with Gasteiger partial charge in [0.05, 0.1) is 17.9 Å². The number of amides is 2. The first-order chi connectivity index (χ1) is 14.9. The average Bonchev–Trinajstić information content (AvgIpc) is 3.12. The van der Waals surface area contributed by atoms with E-state index in [-0.39, 0.29) is 29.7 Å². The molecule has 0 aliphatic carbocycles. The quantitative estimate of drug-likeness (QED) is 0.366. The summed E-state index contributed by atoms with van der Waals surface area (Å²) in [6, 6.07) is 12.3. The minimum absolute atomic E-state index is 0.00893. The van der Waals surface area contributed by atoms with E-state index in [1.54, 1.807) is 18.2 Å². The number of hydrogen-bond acceptors (Lipinski definition) is 6. The molecule has 0 spiro atoms. The number of nitrogens with one attached hydrogen (secondary N) is 2. The lowest BCUT2D eigenvalue weighted by Gasteiger charge is -2.09. The number of phenolic OH excluding ortho intramolecular Hbond substituents is 1. The molecule has 0 aliphatic heterocycles. The van der Waals surface area contributed by atoms with Crippen LogP contribution in [0.2, 0.25) is 0 Å². The molecule has 0 radical (unpaired) electrons. The van der Waals surface area contributed by atoms with E-state index in [1.165, 1.54) is 17.8 Å². The lowest BCUT2D eigenvalue weighted by Crippen LogP contribution is -2.18. The van der Waals surface area contributed by atoms with Gasteiger partial charge in [-0.1, -0.05) is 30.0 Å². The molecular weight excluding hydrogens is 414 g/mol. The lowest BCUT2D eigenvalue weighted by molar-refractivity contribution is -0.116. The van der Waals surface area contributed by atoms with E-state index < -0.39 is 0 Å². The van der Waals surface area contributed by atoms with E-state index in [0.29, 0.717) is 23.2 Å². The summed E-state index contributed by atoms with van der Waals surface area (Å²) in [6.07, 6.45) is 0.0818. The van der Waals surface area contributed by atoms with Crippen LogP contribution < -0.4 is 10.6 Å². The first kappa shape index (κ1) is 22.4. The molecule has 0 fully saturated rings. The number of hydrogen-bond donors (Lipinski definition) is 3. The molecule has 0 saturated heterocycles. The highest BCUT2D eigenvalue weighted by atomic mass is 32.2. The predicted octanol–water partition coefficient (Wildman–Crippen LogP) is 3.53. The maximum absolute atomic E-state index is 12.5. The Bertz CT molecular complexity index is 1100. The van der Waals surface area contributed by atoms with Crippen molar-refractivity contribution in [3.05, 3.63) is 59.4 Å². The van der Waals surface area contributed by atoms with Gasteiger partial charge < -0.3 is 20.3 Å². The number of aryl methyl sites for hydroxylation is 2. The van der Waals surface area contributed by atoms with Gasteiger partial charge in [0.25, 0.3) is 0 Å². The number of carbonyl (C=O) groups is 2. The largest absolute Gasteiger partial charge is 0.506 e. The third-order valence-electron chi connectivity index (χ3n) is 4.73. The molecule has 0 bridgehead atoms. The lowest BCUT2D eigenvalue weighted by atomic mass is 10.1. The van der Waals surface area contributed by atoms with Gasteiger partial charge in [-0.2, -0.15) is 0 Å².